The molecule has 0 saturated heterocycles. The number of carbonyl (C=O) groups is 1. The molecule has 0 bridgehead atoms. The molecule has 1 heterocycles. The molecular weight excluding hydrogens is 306 g/mol. The minimum Gasteiger partial charge on any atom is -0.407 e. The highest BCUT2D eigenvalue weighted by Crippen LogP contribution is 2.11. The van der Waals surface area contributed by atoms with Crippen LogP contribution in [0.1, 0.15) is 5.56 Å². The molecule has 3 aromatic rings. The number of fused-ring (bicyclic) bond motifs is 1. The second-order valence-electron chi connectivity index (χ2n) is 5.63. The first kappa shape index (κ1) is 16.0. The third-order valence-corrected chi connectivity index (χ3v) is 3.75. The molecule has 0 aliphatic carbocycles. The number of amides is 1. The Bertz CT molecular complexity index is 883. The van der Waals surface area contributed by atoms with Gasteiger partial charge in [-0.15, -0.1) is 0 Å². The molecule has 2 aromatic carbocycles. The average molecular weight is 325 g/mol. The number of hydrogen-bond acceptors (Lipinski definition) is 4. The summed E-state index contributed by atoms with van der Waals surface area (Å²) in [4.78, 5) is 26.2. The topological polar surface area (TPSA) is 67.5 Å². The highest BCUT2D eigenvalue weighted by molar-refractivity contribution is 5.87. The number of likely N-dealkylation sites (N-methyl/N-ethyl adjacent to an activating group) is 1. The number of nitrogens with zero attached hydrogens (tertiary/aromatic N) is 2. The summed E-state index contributed by atoms with van der Waals surface area (Å²) in [5.41, 5.74) is 2.08. The summed E-state index contributed by atoms with van der Waals surface area (Å²) >= 11 is 0. The van der Waals surface area contributed by atoms with Crippen molar-refractivity contribution >= 4 is 17.1 Å². The van der Waals surface area contributed by atoms with Gasteiger partial charge < -0.3 is 14.6 Å². The molecule has 0 saturated carbocycles. The van der Waals surface area contributed by atoms with Crippen molar-refractivity contribution in [3.05, 3.63) is 70.7 Å². The van der Waals surface area contributed by atoms with Gasteiger partial charge in [0.2, 0.25) is 0 Å². The Morgan fingerprint density at radius 2 is 1.83 bits per heavy atom. The van der Waals surface area contributed by atoms with Crippen molar-refractivity contribution in [2.75, 3.05) is 20.1 Å². The van der Waals surface area contributed by atoms with Crippen molar-refractivity contribution in [1.29, 1.82) is 0 Å². The van der Waals surface area contributed by atoms with Crippen molar-refractivity contribution in [3.63, 3.8) is 0 Å². The van der Waals surface area contributed by atoms with E-state index in [-0.39, 0.29) is 0 Å². The van der Waals surface area contributed by atoms with Crippen molar-refractivity contribution in [1.82, 2.24) is 14.8 Å². The van der Waals surface area contributed by atoms with Crippen LogP contribution in [-0.4, -0.2) is 35.6 Å². The van der Waals surface area contributed by atoms with E-state index in [4.69, 9.17) is 4.42 Å². The lowest BCUT2D eigenvalue weighted by atomic mass is 10.2. The van der Waals surface area contributed by atoms with E-state index in [0.29, 0.717) is 24.2 Å². The number of rotatable bonds is 5. The van der Waals surface area contributed by atoms with E-state index in [1.807, 2.05) is 25.2 Å². The van der Waals surface area contributed by atoms with E-state index in [0.717, 1.165) is 11.1 Å². The molecule has 6 heteroatoms. The lowest BCUT2D eigenvalue weighted by Crippen LogP contribution is -2.38. The van der Waals surface area contributed by atoms with Gasteiger partial charge in [-0.1, -0.05) is 42.5 Å². The summed E-state index contributed by atoms with van der Waals surface area (Å²) in [6.07, 6.45) is 0. The molecule has 0 fully saturated rings. The van der Waals surface area contributed by atoms with Crippen LogP contribution in [0.15, 0.2) is 63.8 Å². The van der Waals surface area contributed by atoms with Gasteiger partial charge in [-0.2, -0.15) is 4.57 Å². The molecule has 124 valence electrons. The number of benzene rings is 2. The van der Waals surface area contributed by atoms with Crippen LogP contribution in [0.25, 0.3) is 11.1 Å². The van der Waals surface area contributed by atoms with Crippen LogP contribution in [0.4, 0.5) is 4.79 Å². The van der Waals surface area contributed by atoms with E-state index in [1.165, 1.54) is 5.56 Å². The van der Waals surface area contributed by atoms with Gasteiger partial charge in [-0.05, 0) is 24.7 Å². The predicted octanol–water partition coefficient (Wildman–Crippen LogP) is 2.28. The molecule has 1 aromatic heterocycles. The number of hydrogen-bond donors (Lipinski definition) is 1. The van der Waals surface area contributed by atoms with E-state index in [2.05, 4.69) is 22.3 Å². The molecule has 0 radical (unpaired) electrons. The van der Waals surface area contributed by atoms with Crippen molar-refractivity contribution in [3.8, 4) is 0 Å². The fourth-order valence-corrected chi connectivity index (χ4v) is 2.57. The van der Waals surface area contributed by atoms with Crippen LogP contribution in [0, 0.1) is 0 Å². The molecule has 6 nitrogen and oxygen atoms in total. The fraction of sp³-hybridized carbons (Fsp3) is 0.222. The monoisotopic (exact) mass is 325 g/mol. The number of oxazole rings is 1. The Kier molecular flexibility index (Phi) is 4.77. The van der Waals surface area contributed by atoms with Crippen molar-refractivity contribution in [2.45, 2.75) is 6.54 Å². The van der Waals surface area contributed by atoms with Crippen molar-refractivity contribution < 1.29 is 9.21 Å². The smallest absolute Gasteiger partial charge is 0.407 e. The molecule has 1 N–H and O–H groups in total. The van der Waals surface area contributed by atoms with Crippen LogP contribution >= 0.6 is 0 Å². The summed E-state index contributed by atoms with van der Waals surface area (Å²) < 4.78 is 6.08. The van der Waals surface area contributed by atoms with Gasteiger partial charge in [-0.3, -0.25) is 0 Å². The van der Waals surface area contributed by atoms with Gasteiger partial charge in [0.1, 0.15) is 0 Å². The first-order valence-electron chi connectivity index (χ1n) is 7.76. The molecule has 0 unspecified atom stereocenters. The number of carbonyl (C=O) groups excluding carboxylic acids is 1. The molecule has 0 atom stereocenters. The van der Waals surface area contributed by atoms with E-state index < -0.39 is 11.8 Å². The van der Waals surface area contributed by atoms with Gasteiger partial charge in [0, 0.05) is 19.6 Å². The third-order valence-electron chi connectivity index (χ3n) is 3.75. The second-order valence-corrected chi connectivity index (χ2v) is 5.63. The largest absolute Gasteiger partial charge is 0.428 e. The SMILES string of the molecule is CN(CCNC(=O)n1c(=O)oc2ccccc21)Cc1ccccc1. The predicted molar refractivity (Wildman–Crippen MR) is 92.0 cm³/mol. The van der Waals surface area contributed by atoms with Gasteiger partial charge in [0.15, 0.2) is 5.58 Å². The van der Waals surface area contributed by atoms with E-state index in [9.17, 15) is 9.59 Å². The zero-order valence-electron chi connectivity index (χ0n) is 13.4. The minimum absolute atomic E-state index is 0.402. The number of aromatic nitrogens is 1. The van der Waals surface area contributed by atoms with Crippen LogP contribution in [0.2, 0.25) is 0 Å². The zero-order chi connectivity index (χ0) is 16.9. The zero-order valence-corrected chi connectivity index (χ0v) is 13.4. The maximum Gasteiger partial charge on any atom is 0.428 e. The van der Waals surface area contributed by atoms with Crippen LogP contribution in [-0.2, 0) is 6.54 Å². The average Bonchev–Trinajstić information content (AvgIpc) is 2.91. The quantitative estimate of drug-likeness (QED) is 0.781. The standard InChI is InChI=1S/C18H19N3O3/c1-20(13-14-7-3-2-4-8-14)12-11-19-17(22)21-15-9-5-6-10-16(15)24-18(21)23/h2-10H,11-13H2,1H3,(H,19,22). The van der Waals surface area contributed by atoms with Crippen LogP contribution in [0.5, 0.6) is 0 Å². The first-order valence-corrected chi connectivity index (χ1v) is 7.76. The highest BCUT2D eigenvalue weighted by Gasteiger charge is 2.15. The number of para-hydroxylation sites is 2. The van der Waals surface area contributed by atoms with E-state index in [1.54, 1.807) is 24.3 Å². The second kappa shape index (κ2) is 7.14. The highest BCUT2D eigenvalue weighted by atomic mass is 16.4. The lowest BCUT2D eigenvalue weighted by molar-refractivity contribution is 0.238. The normalized spacial score (nSPS) is 11.1. The Morgan fingerprint density at radius 1 is 1.12 bits per heavy atom. The maximum absolute atomic E-state index is 12.3. The third kappa shape index (κ3) is 3.55. The molecule has 24 heavy (non-hydrogen) atoms. The maximum atomic E-state index is 12.3. The summed E-state index contributed by atoms with van der Waals surface area (Å²) in [5, 5.41) is 2.76. The lowest BCUT2D eigenvalue weighted by Gasteiger charge is -2.16. The van der Waals surface area contributed by atoms with Gasteiger partial charge in [0.25, 0.3) is 0 Å². The van der Waals surface area contributed by atoms with Crippen LogP contribution < -0.4 is 11.1 Å². The molecule has 0 spiro atoms. The molecule has 1 amide bonds. The number of nitrogens with one attached hydrogen (secondary N) is 1. The van der Waals surface area contributed by atoms with Gasteiger partial charge in [-0.25, -0.2) is 9.59 Å². The molecule has 0 aliphatic heterocycles. The van der Waals surface area contributed by atoms with Crippen LogP contribution in [0.3, 0.4) is 0 Å². The minimum atomic E-state index is -0.675. The Labute approximate surface area is 139 Å². The summed E-state index contributed by atoms with van der Waals surface area (Å²) in [6.45, 7) is 1.91. The summed E-state index contributed by atoms with van der Waals surface area (Å²) in [5.74, 6) is -0.675. The fourth-order valence-electron chi connectivity index (χ4n) is 2.57. The van der Waals surface area contributed by atoms with Gasteiger partial charge in [0.05, 0.1) is 5.52 Å². The summed E-state index contributed by atoms with van der Waals surface area (Å²) in [7, 11) is 1.98. The van der Waals surface area contributed by atoms with Crippen molar-refractivity contribution in [2.24, 2.45) is 0 Å². The summed E-state index contributed by atoms with van der Waals surface area (Å²) in [6, 6.07) is 16.5. The molecule has 3 rings (SSSR count). The first-order chi connectivity index (χ1) is 11.6. The Hall–Kier alpha value is -2.86. The molecular formula is C18H19N3O3. The van der Waals surface area contributed by atoms with Gasteiger partial charge >= 0.3 is 11.8 Å². The Balaban J connectivity index is 1.57. The molecule has 0 aliphatic rings. The Morgan fingerprint density at radius 3 is 2.62 bits per heavy atom. The van der Waals surface area contributed by atoms with E-state index >= 15 is 0 Å².